The number of carbonyl (C=O) groups is 2. The van der Waals surface area contributed by atoms with Gasteiger partial charge in [0.05, 0.1) is 10.6 Å². The van der Waals surface area contributed by atoms with Crippen LogP contribution in [0.5, 0.6) is 0 Å². The van der Waals surface area contributed by atoms with Gasteiger partial charge in [-0.2, -0.15) is 0 Å². The number of carbonyl (C=O) groups excluding carboxylic acids is 2. The molecule has 0 unspecified atom stereocenters. The van der Waals surface area contributed by atoms with E-state index in [1.54, 1.807) is 17.8 Å². The molecule has 1 saturated heterocycles. The highest BCUT2D eigenvalue weighted by Gasteiger charge is 2.24. The highest BCUT2D eigenvalue weighted by molar-refractivity contribution is 8.18. The molecule has 5 nitrogen and oxygen atoms in total. The van der Waals surface area contributed by atoms with Crippen LogP contribution in [0, 0.1) is 6.92 Å². The van der Waals surface area contributed by atoms with Crippen LogP contribution >= 0.6 is 23.5 Å². The molecule has 1 fully saturated rings. The van der Waals surface area contributed by atoms with Crippen LogP contribution in [0.25, 0.3) is 17.5 Å². The second kappa shape index (κ2) is 8.08. The van der Waals surface area contributed by atoms with Gasteiger partial charge in [-0.15, -0.1) is 11.8 Å². The fourth-order valence-electron chi connectivity index (χ4n) is 2.65. The summed E-state index contributed by atoms with van der Waals surface area (Å²) in [5, 5.41) is 1.92. The van der Waals surface area contributed by atoms with Gasteiger partial charge < -0.3 is 4.42 Å². The standard InChI is InChI=1S/C21H16N2O3S2/c1-13-17(22-20(26-13)15-5-3-2-4-6-15)12-27-16-9-7-14(8-10-16)11-18-19(24)23-21(25)28-18/h2-11H,12H2,1H3,(H,23,24,25). The van der Waals surface area contributed by atoms with E-state index in [9.17, 15) is 9.59 Å². The number of nitrogens with zero attached hydrogens (tertiary/aromatic N) is 1. The van der Waals surface area contributed by atoms with Crippen molar-refractivity contribution in [3.05, 3.63) is 76.5 Å². The van der Waals surface area contributed by atoms with Crippen LogP contribution in [0.3, 0.4) is 0 Å². The molecule has 1 aliphatic heterocycles. The Labute approximate surface area is 170 Å². The molecule has 1 aliphatic rings. The molecule has 28 heavy (non-hydrogen) atoms. The minimum atomic E-state index is -0.343. The molecular formula is C21H16N2O3S2. The van der Waals surface area contributed by atoms with E-state index in [-0.39, 0.29) is 11.1 Å². The second-order valence-electron chi connectivity index (χ2n) is 6.10. The molecule has 0 atom stereocenters. The maximum atomic E-state index is 11.6. The van der Waals surface area contributed by atoms with E-state index in [1.807, 2.05) is 61.5 Å². The van der Waals surface area contributed by atoms with Crippen LogP contribution in [0.1, 0.15) is 17.0 Å². The number of aryl methyl sites for hydroxylation is 1. The third-order valence-electron chi connectivity index (χ3n) is 4.11. The molecule has 7 heteroatoms. The van der Waals surface area contributed by atoms with Crippen molar-refractivity contribution in [1.82, 2.24) is 10.3 Å². The highest BCUT2D eigenvalue weighted by atomic mass is 32.2. The Morgan fingerprint density at radius 3 is 2.54 bits per heavy atom. The van der Waals surface area contributed by atoms with Gasteiger partial charge in [-0.05, 0) is 54.6 Å². The van der Waals surface area contributed by atoms with E-state index >= 15 is 0 Å². The monoisotopic (exact) mass is 408 g/mol. The molecule has 2 aromatic carbocycles. The van der Waals surface area contributed by atoms with Gasteiger partial charge in [-0.25, -0.2) is 4.98 Å². The number of rotatable bonds is 5. The zero-order chi connectivity index (χ0) is 19.5. The molecule has 1 N–H and O–H groups in total. The molecule has 4 rings (SSSR count). The van der Waals surface area contributed by atoms with Gasteiger partial charge in [0, 0.05) is 16.2 Å². The molecular weight excluding hydrogens is 392 g/mol. The van der Waals surface area contributed by atoms with Gasteiger partial charge in [0.2, 0.25) is 5.89 Å². The Morgan fingerprint density at radius 1 is 1.11 bits per heavy atom. The van der Waals surface area contributed by atoms with E-state index in [0.717, 1.165) is 39.2 Å². The van der Waals surface area contributed by atoms with Crippen molar-refractivity contribution in [2.24, 2.45) is 0 Å². The summed E-state index contributed by atoms with van der Waals surface area (Å²) in [7, 11) is 0. The normalized spacial score (nSPS) is 15.2. The van der Waals surface area contributed by atoms with Gasteiger partial charge in [-0.1, -0.05) is 30.3 Å². The number of imide groups is 1. The number of oxazole rings is 1. The number of thioether (sulfide) groups is 2. The summed E-state index contributed by atoms with van der Waals surface area (Å²) in [5.74, 6) is 1.82. The predicted molar refractivity (Wildman–Crippen MR) is 112 cm³/mol. The van der Waals surface area contributed by atoms with Gasteiger partial charge in [0.1, 0.15) is 5.76 Å². The molecule has 0 bridgehead atoms. The minimum absolute atomic E-state index is 0.332. The summed E-state index contributed by atoms with van der Waals surface area (Å²) in [6.07, 6.45) is 1.72. The molecule has 1 aromatic heterocycles. The average Bonchev–Trinajstić information content (AvgIpc) is 3.23. The maximum Gasteiger partial charge on any atom is 0.290 e. The van der Waals surface area contributed by atoms with Crippen molar-refractivity contribution < 1.29 is 14.0 Å². The maximum absolute atomic E-state index is 11.6. The summed E-state index contributed by atoms with van der Waals surface area (Å²) in [6.45, 7) is 1.93. The fraction of sp³-hybridized carbons (Fsp3) is 0.0952. The highest BCUT2D eigenvalue weighted by Crippen LogP contribution is 2.29. The number of hydrogen-bond donors (Lipinski definition) is 1. The second-order valence-corrected chi connectivity index (χ2v) is 8.16. The lowest BCUT2D eigenvalue weighted by Gasteiger charge is -2.01. The lowest BCUT2D eigenvalue weighted by Crippen LogP contribution is -2.17. The lowest BCUT2D eigenvalue weighted by atomic mass is 10.2. The van der Waals surface area contributed by atoms with Crippen molar-refractivity contribution in [3.8, 4) is 11.5 Å². The first-order valence-electron chi connectivity index (χ1n) is 8.58. The number of hydrogen-bond acceptors (Lipinski definition) is 6. The summed E-state index contributed by atoms with van der Waals surface area (Å²) in [5.41, 5.74) is 2.76. The zero-order valence-electron chi connectivity index (χ0n) is 15.0. The molecule has 0 radical (unpaired) electrons. The minimum Gasteiger partial charge on any atom is -0.441 e. The largest absolute Gasteiger partial charge is 0.441 e. The average molecular weight is 409 g/mol. The number of amides is 2. The van der Waals surface area contributed by atoms with Crippen LogP contribution in [-0.4, -0.2) is 16.1 Å². The van der Waals surface area contributed by atoms with Crippen LogP contribution < -0.4 is 5.32 Å². The molecule has 140 valence electrons. The number of nitrogens with one attached hydrogen (secondary N) is 1. The topological polar surface area (TPSA) is 72.2 Å². The van der Waals surface area contributed by atoms with Crippen LogP contribution in [0.15, 0.2) is 68.8 Å². The van der Waals surface area contributed by atoms with Crippen molar-refractivity contribution >= 4 is 40.7 Å². The Hall–Kier alpha value is -2.77. The number of benzene rings is 2. The number of aromatic nitrogens is 1. The Balaban J connectivity index is 1.42. The van der Waals surface area contributed by atoms with Crippen LogP contribution in [0.2, 0.25) is 0 Å². The Bertz CT molecular complexity index is 1060. The molecule has 3 aromatic rings. The SMILES string of the molecule is Cc1oc(-c2ccccc2)nc1CSc1ccc(C=C2SC(=O)NC2=O)cc1. The third kappa shape index (κ3) is 4.21. The Kier molecular flexibility index (Phi) is 5.36. The summed E-state index contributed by atoms with van der Waals surface area (Å²) < 4.78 is 5.80. The van der Waals surface area contributed by atoms with Crippen LogP contribution in [-0.2, 0) is 10.5 Å². The van der Waals surface area contributed by atoms with Gasteiger partial charge in [0.15, 0.2) is 0 Å². The summed E-state index contributed by atoms with van der Waals surface area (Å²) in [4.78, 5) is 29.0. The predicted octanol–water partition coefficient (Wildman–Crippen LogP) is 5.27. The quantitative estimate of drug-likeness (QED) is 0.458. The molecule has 2 amide bonds. The van der Waals surface area contributed by atoms with Crippen molar-refractivity contribution in [3.63, 3.8) is 0 Å². The Morgan fingerprint density at radius 2 is 1.86 bits per heavy atom. The van der Waals surface area contributed by atoms with E-state index in [1.165, 1.54) is 0 Å². The van der Waals surface area contributed by atoms with Crippen LogP contribution in [0.4, 0.5) is 4.79 Å². The summed E-state index contributed by atoms with van der Waals surface area (Å²) >= 11 is 2.59. The first kappa shape index (κ1) is 18.6. The van der Waals surface area contributed by atoms with E-state index in [4.69, 9.17) is 4.42 Å². The van der Waals surface area contributed by atoms with Crippen molar-refractivity contribution in [2.75, 3.05) is 0 Å². The smallest absolute Gasteiger partial charge is 0.290 e. The van der Waals surface area contributed by atoms with Gasteiger partial charge in [-0.3, -0.25) is 14.9 Å². The van der Waals surface area contributed by atoms with Crippen molar-refractivity contribution in [2.45, 2.75) is 17.6 Å². The molecule has 0 aliphatic carbocycles. The lowest BCUT2D eigenvalue weighted by molar-refractivity contribution is -0.115. The van der Waals surface area contributed by atoms with Gasteiger partial charge in [0.25, 0.3) is 11.1 Å². The first-order chi connectivity index (χ1) is 13.6. The van der Waals surface area contributed by atoms with Gasteiger partial charge >= 0.3 is 0 Å². The van der Waals surface area contributed by atoms with Crippen molar-refractivity contribution in [1.29, 1.82) is 0 Å². The van der Waals surface area contributed by atoms with E-state index < -0.39 is 0 Å². The van der Waals surface area contributed by atoms with E-state index in [0.29, 0.717) is 16.5 Å². The third-order valence-corrected chi connectivity index (χ3v) is 5.94. The summed E-state index contributed by atoms with van der Waals surface area (Å²) in [6, 6.07) is 17.7. The van der Waals surface area contributed by atoms with E-state index in [2.05, 4.69) is 10.3 Å². The fourth-order valence-corrected chi connectivity index (χ4v) is 4.23. The molecule has 2 heterocycles. The first-order valence-corrected chi connectivity index (χ1v) is 10.4. The zero-order valence-corrected chi connectivity index (χ0v) is 16.6. The molecule has 0 saturated carbocycles. The molecule has 0 spiro atoms.